The van der Waals surface area contributed by atoms with Crippen LogP contribution in [0.3, 0.4) is 0 Å². The topological polar surface area (TPSA) is 34.2 Å². The van der Waals surface area contributed by atoms with Gasteiger partial charge in [-0.2, -0.15) is 0 Å². The van der Waals surface area contributed by atoms with E-state index in [0.717, 1.165) is 61.5 Å². The summed E-state index contributed by atoms with van der Waals surface area (Å²) in [5.41, 5.74) is 13.6. The van der Waals surface area contributed by atoms with Crippen molar-refractivity contribution in [1.29, 1.82) is 0 Å². The Morgan fingerprint density at radius 1 is 0.451 bits per heavy atom. The number of anilines is 3. The average Bonchev–Trinajstić information content (AvgIpc) is 3.75. The summed E-state index contributed by atoms with van der Waals surface area (Å²) >= 11 is 0. The molecule has 4 nitrogen and oxygen atoms in total. The van der Waals surface area contributed by atoms with Gasteiger partial charge in [0.2, 0.25) is 0 Å². The molecule has 0 radical (unpaired) electrons. The number of fused-ring (bicyclic) bond motifs is 6. The van der Waals surface area contributed by atoms with Gasteiger partial charge in [-0.05, 0) is 89.5 Å². The summed E-state index contributed by atoms with van der Waals surface area (Å²) in [6.07, 6.45) is 1.87. The lowest BCUT2D eigenvalue weighted by Crippen LogP contribution is -2.10. The monoisotopic (exact) mass is 653 g/mol. The van der Waals surface area contributed by atoms with E-state index in [2.05, 4.69) is 172 Å². The van der Waals surface area contributed by atoms with Gasteiger partial charge in [0.25, 0.3) is 0 Å². The van der Waals surface area contributed by atoms with Gasteiger partial charge in [0.15, 0.2) is 5.58 Å². The third-order valence-corrected chi connectivity index (χ3v) is 9.83. The summed E-state index contributed by atoms with van der Waals surface area (Å²) in [5.74, 6) is 0. The Bertz CT molecular complexity index is 2810. The highest BCUT2D eigenvalue weighted by atomic mass is 16.3. The molecule has 0 unspecified atom stereocenters. The molecule has 0 aliphatic carbocycles. The van der Waals surface area contributed by atoms with Crippen LogP contribution in [0.1, 0.15) is 0 Å². The minimum absolute atomic E-state index is 0.803. The van der Waals surface area contributed by atoms with Gasteiger partial charge in [0.1, 0.15) is 11.1 Å². The maximum Gasteiger partial charge on any atom is 0.161 e. The minimum Gasteiger partial charge on any atom is -0.454 e. The van der Waals surface area contributed by atoms with E-state index >= 15 is 0 Å². The van der Waals surface area contributed by atoms with Gasteiger partial charge >= 0.3 is 0 Å². The molecule has 0 amide bonds. The van der Waals surface area contributed by atoms with Crippen LogP contribution in [0, 0.1) is 0 Å². The van der Waals surface area contributed by atoms with Crippen LogP contribution in [0.4, 0.5) is 17.1 Å². The molecule has 0 saturated heterocycles. The minimum atomic E-state index is 0.803. The molecule has 4 heteroatoms. The van der Waals surface area contributed by atoms with Crippen molar-refractivity contribution in [3.8, 4) is 27.9 Å². The molecule has 51 heavy (non-hydrogen) atoms. The highest BCUT2D eigenvalue weighted by Crippen LogP contribution is 2.41. The number of rotatable bonds is 6. The van der Waals surface area contributed by atoms with E-state index in [1.807, 2.05) is 30.5 Å². The van der Waals surface area contributed by atoms with Crippen LogP contribution in [0.25, 0.3) is 71.8 Å². The van der Waals surface area contributed by atoms with Crippen molar-refractivity contribution in [2.45, 2.75) is 0 Å². The smallest absolute Gasteiger partial charge is 0.161 e. The van der Waals surface area contributed by atoms with E-state index in [0.29, 0.717) is 0 Å². The summed E-state index contributed by atoms with van der Waals surface area (Å²) in [5, 5.41) is 3.52. The molecule has 7 aromatic carbocycles. The average molecular weight is 654 g/mol. The van der Waals surface area contributed by atoms with Gasteiger partial charge in [-0.1, -0.05) is 109 Å². The van der Waals surface area contributed by atoms with Crippen LogP contribution in [0.2, 0.25) is 0 Å². The summed E-state index contributed by atoms with van der Waals surface area (Å²) in [4.78, 5) is 7.02. The highest BCUT2D eigenvalue weighted by molar-refractivity contribution is 6.09. The molecule has 10 rings (SSSR count). The van der Waals surface area contributed by atoms with Crippen molar-refractivity contribution in [2.24, 2.45) is 0 Å². The van der Waals surface area contributed by atoms with Crippen LogP contribution in [0.5, 0.6) is 0 Å². The number of hydrogen-bond donors (Lipinski definition) is 0. The van der Waals surface area contributed by atoms with Gasteiger partial charge in [-0.25, -0.2) is 0 Å². The van der Waals surface area contributed by atoms with Crippen molar-refractivity contribution in [3.63, 3.8) is 0 Å². The predicted octanol–water partition coefficient (Wildman–Crippen LogP) is 12.9. The zero-order chi connectivity index (χ0) is 33.7. The molecule has 10 aromatic rings. The molecule has 0 fully saturated rings. The maximum absolute atomic E-state index is 6.34. The fraction of sp³-hybridized carbons (Fsp3) is 0. The Morgan fingerprint density at radius 3 is 1.84 bits per heavy atom. The fourth-order valence-corrected chi connectivity index (χ4v) is 7.50. The molecule has 0 bridgehead atoms. The van der Waals surface area contributed by atoms with Crippen molar-refractivity contribution in [2.75, 3.05) is 4.90 Å². The van der Waals surface area contributed by atoms with Crippen LogP contribution in [-0.4, -0.2) is 9.55 Å². The van der Waals surface area contributed by atoms with Crippen LogP contribution >= 0.6 is 0 Å². The van der Waals surface area contributed by atoms with Crippen LogP contribution in [-0.2, 0) is 0 Å². The normalized spacial score (nSPS) is 11.5. The van der Waals surface area contributed by atoms with Crippen molar-refractivity contribution < 1.29 is 4.42 Å². The van der Waals surface area contributed by atoms with E-state index in [-0.39, 0.29) is 0 Å². The molecule has 0 aliphatic rings. The Labute approximate surface area is 295 Å². The van der Waals surface area contributed by atoms with Crippen molar-refractivity contribution in [3.05, 3.63) is 188 Å². The van der Waals surface area contributed by atoms with E-state index < -0.39 is 0 Å². The molecule has 0 saturated carbocycles. The summed E-state index contributed by atoms with van der Waals surface area (Å²) in [7, 11) is 0. The Morgan fingerprint density at radius 2 is 1.08 bits per heavy atom. The lowest BCUT2D eigenvalue weighted by atomic mass is 10.0. The lowest BCUT2D eigenvalue weighted by molar-refractivity contribution is 0.669. The quantitative estimate of drug-likeness (QED) is 0.179. The first-order valence-corrected chi connectivity index (χ1v) is 17.2. The first-order chi connectivity index (χ1) is 25.3. The lowest BCUT2D eigenvalue weighted by Gasteiger charge is -2.27. The predicted molar refractivity (Wildman–Crippen MR) is 211 cm³/mol. The number of pyridine rings is 1. The fourth-order valence-electron chi connectivity index (χ4n) is 7.50. The van der Waals surface area contributed by atoms with E-state index in [4.69, 9.17) is 4.42 Å². The largest absolute Gasteiger partial charge is 0.454 e. The molecule has 0 aliphatic heterocycles. The number of hydrogen-bond acceptors (Lipinski definition) is 3. The highest BCUT2D eigenvalue weighted by Gasteiger charge is 2.18. The molecular formula is C47H31N3O. The van der Waals surface area contributed by atoms with E-state index in [1.165, 1.54) is 27.4 Å². The van der Waals surface area contributed by atoms with Gasteiger partial charge in [0, 0.05) is 50.7 Å². The van der Waals surface area contributed by atoms with Gasteiger partial charge < -0.3 is 13.9 Å². The number of aromatic nitrogens is 2. The van der Waals surface area contributed by atoms with E-state index in [9.17, 15) is 0 Å². The molecule has 240 valence electrons. The number of benzene rings is 7. The van der Waals surface area contributed by atoms with Crippen LogP contribution < -0.4 is 4.90 Å². The third-order valence-electron chi connectivity index (χ3n) is 9.83. The van der Waals surface area contributed by atoms with Gasteiger partial charge in [-0.3, -0.25) is 4.98 Å². The Balaban J connectivity index is 1.13. The number of para-hydroxylation sites is 3. The van der Waals surface area contributed by atoms with E-state index in [1.54, 1.807) is 0 Å². The Kier molecular flexibility index (Phi) is 6.78. The molecule has 0 N–H and O–H groups in total. The first kappa shape index (κ1) is 29.0. The molecule has 3 heterocycles. The second-order valence-corrected chi connectivity index (χ2v) is 12.8. The molecule has 3 aromatic heterocycles. The first-order valence-electron chi connectivity index (χ1n) is 17.2. The zero-order valence-electron chi connectivity index (χ0n) is 27.6. The number of nitrogens with zero attached hydrogens (tertiary/aromatic N) is 3. The standard InChI is InChI=1S/C47H31N3O/c1-2-12-32(13-3-1)34-14-10-15-36(30-34)49(35-26-24-33(25-27-35)39-28-29-48-46-42-20-6-9-23-45(42)51-47(39)46)37-16-11-17-38(31-37)50-43-21-7-4-18-40(43)41-19-5-8-22-44(41)50/h1-31H. The van der Waals surface area contributed by atoms with Crippen molar-refractivity contribution in [1.82, 2.24) is 9.55 Å². The molecular weight excluding hydrogens is 623 g/mol. The zero-order valence-corrected chi connectivity index (χ0v) is 27.6. The SMILES string of the molecule is c1ccc(-c2cccc(N(c3ccc(-c4ccnc5c4oc4ccccc45)cc3)c3cccc(-n4c5ccccc5c5ccccc54)c3)c2)cc1. The molecule has 0 spiro atoms. The number of furan rings is 1. The van der Waals surface area contributed by atoms with Crippen molar-refractivity contribution >= 4 is 60.9 Å². The molecule has 0 atom stereocenters. The second-order valence-electron chi connectivity index (χ2n) is 12.8. The third kappa shape index (κ3) is 4.88. The summed E-state index contributed by atoms with van der Waals surface area (Å²) < 4.78 is 8.72. The Hall–Kier alpha value is -6.91. The van der Waals surface area contributed by atoms with Gasteiger partial charge in [-0.15, -0.1) is 0 Å². The van der Waals surface area contributed by atoms with Crippen LogP contribution in [0.15, 0.2) is 193 Å². The summed E-state index contributed by atoms with van der Waals surface area (Å²) in [6, 6.07) is 64.4. The second kappa shape index (κ2) is 11.9. The van der Waals surface area contributed by atoms with Gasteiger partial charge in [0.05, 0.1) is 11.0 Å². The maximum atomic E-state index is 6.34. The summed E-state index contributed by atoms with van der Waals surface area (Å²) in [6.45, 7) is 0.